The summed E-state index contributed by atoms with van der Waals surface area (Å²) < 4.78 is 17.8. The highest BCUT2D eigenvalue weighted by Crippen LogP contribution is 2.36. The Morgan fingerprint density at radius 2 is 1.76 bits per heavy atom. The average molecular weight is 346 g/mol. The maximum atomic E-state index is 6.16. The fraction of sp³-hybridized carbons (Fsp3) is 0.737. The van der Waals surface area contributed by atoms with Crippen molar-refractivity contribution in [2.75, 3.05) is 31.7 Å². The smallest absolute Gasteiger partial charge is 0.399 e. The van der Waals surface area contributed by atoms with Gasteiger partial charge in [0.05, 0.1) is 11.2 Å². The molecule has 0 aromatic carbocycles. The lowest BCUT2D eigenvalue weighted by atomic mass is 9.77. The van der Waals surface area contributed by atoms with Crippen LogP contribution in [0, 0.1) is 12.8 Å². The third-order valence-corrected chi connectivity index (χ3v) is 5.91. The molecule has 2 aliphatic rings. The Morgan fingerprint density at radius 1 is 1.16 bits per heavy atom. The Kier molecular flexibility index (Phi) is 5.15. The summed E-state index contributed by atoms with van der Waals surface area (Å²) >= 11 is 0. The number of hydrogen-bond acceptors (Lipinski definition) is 5. The molecule has 0 aliphatic carbocycles. The van der Waals surface area contributed by atoms with E-state index in [-0.39, 0.29) is 18.3 Å². The molecule has 3 heterocycles. The van der Waals surface area contributed by atoms with Gasteiger partial charge in [-0.1, -0.05) is 0 Å². The molecule has 0 spiro atoms. The zero-order valence-electron chi connectivity index (χ0n) is 16.5. The van der Waals surface area contributed by atoms with Gasteiger partial charge in [0.15, 0.2) is 0 Å². The number of rotatable bonds is 4. The van der Waals surface area contributed by atoms with Crippen molar-refractivity contribution >= 4 is 18.4 Å². The highest BCUT2D eigenvalue weighted by Gasteiger charge is 2.52. The minimum Gasteiger partial charge on any atom is -0.399 e. The second-order valence-electron chi connectivity index (χ2n) is 8.42. The lowest BCUT2D eigenvalue weighted by molar-refractivity contribution is 0.00578. The van der Waals surface area contributed by atoms with E-state index in [0.717, 1.165) is 49.4 Å². The summed E-state index contributed by atoms with van der Waals surface area (Å²) in [6, 6.07) is 2.14. The van der Waals surface area contributed by atoms with Gasteiger partial charge in [0.1, 0.15) is 5.82 Å². The maximum Gasteiger partial charge on any atom is 0.496 e. The van der Waals surface area contributed by atoms with Gasteiger partial charge in [-0.2, -0.15) is 0 Å². The highest BCUT2D eigenvalue weighted by atomic mass is 16.7. The van der Waals surface area contributed by atoms with Crippen molar-refractivity contribution in [3.8, 4) is 0 Å². The first-order chi connectivity index (χ1) is 11.7. The molecule has 5 nitrogen and oxygen atoms in total. The molecule has 0 amide bonds. The summed E-state index contributed by atoms with van der Waals surface area (Å²) in [5, 5.41) is 0. The van der Waals surface area contributed by atoms with Crippen LogP contribution in [0.4, 0.5) is 5.82 Å². The predicted molar refractivity (Wildman–Crippen MR) is 102 cm³/mol. The van der Waals surface area contributed by atoms with E-state index in [0.29, 0.717) is 5.92 Å². The van der Waals surface area contributed by atoms with Gasteiger partial charge in [0.2, 0.25) is 0 Å². The van der Waals surface area contributed by atoms with E-state index in [1.807, 2.05) is 6.20 Å². The Hall–Kier alpha value is -1.11. The van der Waals surface area contributed by atoms with Crippen LogP contribution >= 0.6 is 0 Å². The second-order valence-corrected chi connectivity index (χ2v) is 8.42. The molecular formula is C19H31BN2O3. The number of hydrogen-bond donors (Lipinski definition) is 0. The van der Waals surface area contributed by atoms with Gasteiger partial charge in [0.25, 0.3) is 0 Å². The standard InChI is InChI=1S/C19H31BN2O3/c1-14-11-17(22(6)13-15-7-9-23-10-8-15)21-12-16(14)20-24-18(2,3)19(4,5)25-20/h11-12,15H,7-10,13H2,1-6H3. The zero-order chi connectivity index (χ0) is 18.2. The van der Waals surface area contributed by atoms with Crippen LogP contribution in [0.15, 0.2) is 12.3 Å². The van der Waals surface area contributed by atoms with Crippen LogP contribution in [0.2, 0.25) is 0 Å². The van der Waals surface area contributed by atoms with Crippen LogP contribution in [-0.2, 0) is 14.0 Å². The van der Waals surface area contributed by atoms with Crippen molar-refractivity contribution in [2.24, 2.45) is 5.92 Å². The minimum absolute atomic E-state index is 0.331. The van der Waals surface area contributed by atoms with E-state index in [1.54, 1.807) is 0 Å². The number of aromatic nitrogens is 1. The summed E-state index contributed by atoms with van der Waals surface area (Å²) in [5.74, 6) is 1.69. The molecule has 6 heteroatoms. The van der Waals surface area contributed by atoms with E-state index in [4.69, 9.17) is 14.0 Å². The van der Waals surface area contributed by atoms with E-state index in [2.05, 4.69) is 57.6 Å². The van der Waals surface area contributed by atoms with Crippen LogP contribution in [0.3, 0.4) is 0 Å². The second kappa shape index (κ2) is 6.90. The summed E-state index contributed by atoms with van der Waals surface area (Å²) in [6.07, 6.45) is 4.18. The molecule has 138 valence electrons. The van der Waals surface area contributed by atoms with Gasteiger partial charge in [-0.15, -0.1) is 0 Å². The van der Waals surface area contributed by atoms with Crippen LogP contribution in [0.25, 0.3) is 0 Å². The minimum atomic E-state index is -0.354. The molecule has 0 bridgehead atoms. The van der Waals surface area contributed by atoms with Gasteiger partial charge < -0.3 is 18.9 Å². The first-order valence-corrected chi connectivity index (χ1v) is 9.31. The number of anilines is 1. The van der Waals surface area contributed by atoms with E-state index in [9.17, 15) is 0 Å². The summed E-state index contributed by atoms with van der Waals surface area (Å²) in [5.41, 5.74) is 1.51. The highest BCUT2D eigenvalue weighted by molar-refractivity contribution is 6.62. The van der Waals surface area contributed by atoms with Crippen LogP contribution < -0.4 is 10.4 Å². The predicted octanol–water partition coefficient (Wildman–Crippen LogP) is 2.55. The lowest BCUT2D eigenvalue weighted by Gasteiger charge is -2.32. The van der Waals surface area contributed by atoms with Gasteiger partial charge >= 0.3 is 7.12 Å². The van der Waals surface area contributed by atoms with Gasteiger partial charge in [-0.05, 0) is 65.0 Å². The number of aryl methyl sites for hydroxylation is 1. The lowest BCUT2D eigenvalue weighted by Crippen LogP contribution is -2.41. The molecule has 2 saturated heterocycles. The third-order valence-electron chi connectivity index (χ3n) is 5.91. The molecule has 0 N–H and O–H groups in total. The number of pyridine rings is 1. The van der Waals surface area contributed by atoms with E-state index >= 15 is 0 Å². The molecule has 1 aromatic heterocycles. The fourth-order valence-corrected chi connectivity index (χ4v) is 3.39. The van der Waals surface area contributed by atoms with Crippen LogP contribution in [0.5, 0.6) is 0 Å². The van der Waals surface area contributed by atoms with Crippen molar-refractivity contribution in [3.05, 3.63) is 17.8 Å². The maximum absolute atomic E-state index is 6.16. The first kappa shape index (κ1) is 18.7. The van der Waals surface area contributed by atoms with Gasteiger partial charge in [-0.25, -0.2) is 4.98 Å². The SMILES string of the molecule is Cc1cc(N(C)CC2CCOCC2)ncc1B1OC(C)(C)C(C)(C)O1. The zero-order valence-corrected chi connectivity index (χ0v) is 16.5. The monoisotopic (exact) mass is 346 g/mol. The van der Waals surface area contributed by atoms with Crippen molar-refractivity contribution in [2.45, 2.75) is 58.7 Å². The van der Waals surface area contributed by atoms with Crippen molar-refractivity contribution in [1.82, 2.24) is 4.98 Å². The normalized spacial score (nSPS) is 23.0. The quantitative estimate of drug-likeness (QED) is 0.784. The van der Waals surface area contributed by atoms with Crippen molar-refractivity contribution < 1.29 is 14.0 Å². The largest absolute Gasteiger partial charge is 0.496 e. The average Bonchev–Trinajstić information content (AvgIpc) is 2.76. The fourth-order valence-electron chi connectivity index (χ4n) is 3.39. The van der Waals surface area contributed by atoms with Gasteiger partial charge in [0, 0.05) is 38.5 Å². The molecule has 2 aliphatic heterocycles. The first-order valence-electron chi connectivity index (χ1n) is 9.31. The van der Waals surface area contributed by atoms with Crippen molar-refractivity contribution in [1.29, 1.82) is 0 Å². The Labute approximate surface area is 152 Å². The molecular weight excluding hydrogens is 315 g/mol. The van der Waals surface area contributed by atoms with Crippen LogP contribution in [0.1, 0.15) is 46.1 Å². The summed E-state index contributed by atoms with van der Waals surface area (Å²) in [6.45, 7) is 13.2. The topological polar surface area (TPSA) is 43.8 Å². The molecule has 0 unspecified atom stereocenters. The summed E-state index contributed by atoms with van der Waals surface area (Å²) in [7, 11) is 1.76. The molecule has 0 saturated carbocycles. The van der Waals surface area contributed by atoms with E-state index in [1.165, 1.54) is 0 Å². The Bertz CT molecular complexity index is 599. The molecule has 0 radical (unpaired) electrons. The number of nitrogens with zero attached hydrogens (tertiary/aromatic N) is 2. The molecule has 1 aromatic rings. The third kappa shape index (κ3) is 3.86. The van der Waals surface area contributed by atoms with Crippen LogP contribution in [-0.4, -0.2) is 50.1 Å². The Morgan fingerprint density at radius 3 is 2.32 bits per heavy atom. The van der Waals surface area contributed by atoms with E-state index < -0.39 is 0 Å². The van der Waals surface area contributed by atoms with Gasteiger partial charge in [-0.3, -0.25) is 0 Å². The van der Waals surface area contributed by atoms with Crippen molar-refractivity contribution in [3.63, 3.8) is 0 Å². The molecule has 0 atom stereocenters. The Balaban J connectivity index is 1.71. The molecule has 2 fully saturated rings. The molecule has 25 heavy (non-hydrogen) atoms. The summed E-state index contributed by atoms with van der Waals surface area (Å²) in [4.78, 5) is 6.93. The number of ether oxygens (including phenoxy) is 1. The molecule has 3 rings (SSSR count).